The van der Waals surface area contributed by atoms with E-state index in [1.54, 1.807) is 0 Å². The monoisotopic (exact) mass is 287 g/mol. The fraction of sp³-hybridized carbons (Fsp3) is 0.529. The molecule has 1 saturated heterocycles. The Kier molecular flexibility index (Phi) is 2.99. The number of aliphatic hydroxyl groups excluding tert-OH is 1. The molecule has 21 heavy (non-hydrogen) atoms. The van der Waals surface area contributed by atoms with Crippen molar-refractivity contribution in [2.75, 3.05) is 6.54 Å². The molecule has 2 fully saturated rings. The molecule has 1 N–H and O–H groups in total. The van der Waals surface area contributed by atoms with Gasteiger partial charge in [0.05, 0.1) is 24.5 Å². The zero-order chi connectivity index (χ0) is 15.5. The van der Waals surface area contributed by atoms with Crippen molar-refractivity contribution in [3.8, 4) is 0 Å². The van der Waals surface area contributed by atoms with E-state index in [1.807, 2.05) is 45.9 Å². The fourth-order valence-electron chi connectivity index (χ4n) is 3.66. The highest BCUT2D eigenvalue weighted by molar-refractivity contribution is 6.10. The van der Waals surface area contributed by atoms with E-state index >= 15 is 0 Å². The third kappa shape index (κ3) is 2.09. The van der Waals surface area contributed by atoms with Crippen LogP contribution in [0.5, 0.6) is 0 Å². The molecule has 2 amide bonds. The summed E-state index contributed by atoms with van der Waals surface area (Å²) >= 11 is 0. The van der Waals surface area contributed by atoms with Crippen molar-refractivity contribution in [2.24, 2.45) is 17.3 Å². The molecule has 1 aliphatic heterocycles. The van der Waals surface area contributed by atoms with Crippen LogP contribution < -0.4 is 0 Å². The molecule has 4 heteroatoms. The minimum atomic E-state index is -0.822. The molecule has 3 rings (SSSR count). The van der Waals surface area contributed by atoms with Gasteiger partial charge in [0.25, 0.3) is 0 Å². The Balaban J connectivity index is 1.76. The minimum Gasteiger partial charge on any atom is -0.387 e. The molecule has 3 unspecified atom stereocenters. The Labute approximate surface area is 124 Å². The molecular formula is C17H21NO3. The van der Waals surface area contributed by atoms with Crippen molar-refractivity contribution < 1.29 is 14.7 Å². The summed E-state index contributed by atoms with van der Waals surface area (Å²) in [5, 5.41) is 10.4. The number of benzene rings is 1. The Morgan fingerprint density at radius 1 is 1.10 bits per heavy atom. The van der Waals surface area contributed by atoms with Gasteiger partial charge in [0.1, 0.15) is 0 Å². The lowest BCUT2D eigenvalue weighted by atomic mass is 10.0. The number of carbonyl (C=O) groups excluding carboxylic acids is 2. The first-order valence-corrected chi connectivity index (χ1v) is 7.35. The van der Waals surface area contributed by atoms with Crippen LogP contribution in [0.2, 0.25) is 0 Å². The maximum absolute atomic E-state index is 12.3. The number of hydrogen-bond donors (Lipinski definition) is 1. The van der Waals surface area contributed by atoms with Gasteiger partial charge in [0, 0.05) is 0 Å². The van der Waals surface area contributed by atoms with E-state index in [-0.39, 0.29) is 35.6 Å². The Bertz CT molecular complexity index is 591. The molecule has 3 atom stereocenters. The number of β-amino-alcohol motifs (C(OH)–C–C–N with tert-alkyl or cyclic N) is 1. The van der Waals surface area contributed by atoms with Crippen LogP contribution in [0.3, 0.4) is 0 Å². The van der Waals surface area contributed by atoms with Gasteiger partial charge in [0.2, 0.25) is 11.8 Å². The number of hydrogen-bond acceptors (Lipinski definition) is 3. The highest BCUT2D eigenvalue weighted by Gasteiger charge is 2.72. The summed E-state index contributed by atoms with van der Waals surface area (Å²) in [5.41, 5.74) is 2.68. The van der Waals surface area contributed by atoms with Crippen LogP contribution in [0, 0.1) is 31.1 Å². The maximum Gasteiger partial charge on any atom is 0.233 e. The van der Waals surface area contributed by atoms with Crippen LogP contribution in [0.15, 0.2) is 18.2 Å². The summed E-state index contributed by atoms with van der Waals surface area (Å²) in [5.74, 6) is -0.621. The molecule has 1 heterocycles. The van der Waals surface area contributed by atoms with Crippen LogP contribution in [0.25, 0.3) is 0 Å². The normalized spacial score (nSPS) is 27.8. The molecule has 1 saturated carbocycles. The summed E-state index contributed by atoms with van der Waals surface area (Å²) < 4.78 is 0. The van der Waals surface area contributed by atoms with Gasteiger partial charge in [-0.05, 0) is 24.8 Å². The molecule has 0 aromatic heterocycles. The van der Waals surface area contributed by atoms with Gasteiger partial charge in [-0.3, -0.25) is 14.5 Å². The van der Waals surface area contributed by atoms with Crippen molar-refractivity contribution in [1.29, 1.82) is 0 Å². The zero-order valence-corrected chi connectivity index (χ0v) is 12.9. The first kappa shape index (κ1) is 14.3. The smallest absolute Gasteiger partial charge is 0.233 e. The molecule has 4 nitrogen and oxygen atoms in total. The van der Waals surface area contributed by atoms with E-state index in [9.17, 15) is 14.7 Å². The van der Waals surface area contributed by atoms with Gasteiger partial charge >= 0.3 is 0 Å². The van der Waals surface area contributed by atoms with Crippen LogP contribution in [-0.2, 0) is 9.59 Å². The summed E-state index contributed by atoms with van der Waals surface area (Å²) in [6.45, 7) is 7.90. The van der Waals surface area contributed by atoms with Crippen molar-refractivity contribution in [3.63, 3.8) is 0 Å². The quantitative estimate of drug-likeness (QED) is 0.865. The molecule has 1 aliphatic carbocycles. The van der Waals surface area contributed by atoms with Crippen molar-refractivity contribution in [2.45, 2.75) is 33.8 Å². The number of nitrogens with zero attached hydrogens (tertiary/aromatic N) is 1. The van der Waals surface area contributed by atoms with E-state index in [2.05, 4.69) is 0 Å². The number of aliphatic hydroxyl groups is 1. The summed E-state index contributed by atoms with van der Waals surface area (Å²) in [6, 6.07) is 5.82. The predicted octanol–water partition coefficient (Wildman–Crippen LogP) is 1.98. The molecular weight excluding hydrogens is 266 g/mol. The zero-order valence-electron chi connectivity index (χ0n) is 12.9. The third-order valence-electron chi connectivity index (χ3n) is 4.88. The summed E-state index contributed by atoms with van der Waals surface area (Å²) in [4.78, 5) is 25.8. The van der Waals surface area contributed by atoms with Gasteiger partial charge in [-0.15, -0.1) is 0 Å². The number of likely N-dealkylation sites (tertiary alicyclic amines) is 1. The number of amides is 2. The van der Waals surface area contributed by atoms with E-state index in [0.717, 1.165) is 16.7 Å². The van der Waals surface area contributed by atoms with E-state index in [4.69, 9.17) is 0 Å². The number of fused-ring (bicyclic) bond motifs is 1. The molecule has 0 spiro atoms. The average molecular weight is 287 g/mol. The lowest BCUT2D eigenvalue weighted by molar-refractivity contribution is -0.144. The number of imide groups is 1. The Morgan fingerprint density at radius 3 is 2.05 bits per heavy atom. The standard InChI is InChI=1S/C17H21NO3/c1-9-5-10(2)7-11(6-9)12(19)8-18-15(20)13-14(16(18)21)17(13,3)4/h5-7,12-14,19H,8H2,1-4H3. The first-order valence-electron chi connectivity index (χ1n) is 7.35. The van der Waals surface area contributed by atoms with E-state index in [1.165, 1.54) is 4.90 Å². The molecule has 2 aliphatic rings. The van der Waals surface area contributed by atoms with Crippen molar-refractivity contribution in [3.05, 3.63) is 34.9 Å². The van der Waals surface area contributed by atoms with Crippen molar-refractivity contribution >= 4 is 11.8 Å². The lowest BCUT2D eigenvalue weighted by Gasteiger charge is -2.23. The Morgan fingerprint density at radius 2 is 1.57 bits per heavy atom. The van der Waals surface area contributed by atoms with Gasteiger partial charge in [-0.1, -0.05) is 43.2 Å². The largest absolute Gasteiger partial charge is 0.387 e. The topological polar surface area (TPSA) is 57.6 Å². The van der Waals surface area contributed by atoms with E-state index < -0.39 is 6.10 Å². The van der Waals surface area contributed by atoms with E-state index in [0.29, 0.717) is 0 Å². The SMILES string of the molecule is Cc1cc(C)cc(C(O)CN2C(=O)C3C(C2=O)C3(C)C)c1. The second-order valence-electron chi connectivity index (χ2n) is 7.00. The van der Waals surface area contributed by atoms with Gasteiger partial charge in [0.15, 0.2) is 0 Å². The summed E-state index contributed by atoms with van der Waals surface area (Å²) in [7, 11) is 0. The van der Waals surface area contributed by atoms with Crippen LogP contribution in [0.4, 0.5) is 0 Å². The molecule has 0 bridgehead atoms. The van der Waals surface area contributed by atoms with Gasteiger partial charge in [-0.2, -0.15) is 0 Å². The highest BCUT2D eigenvalue weighted by Crippen LogP contribution is 2.63. The molecule has 112 valence electrons. The second-order valence-corrected chi connectivity index (χ2v) is 7.00. The molecule has 0 radical (unpaired) electrons. The van der Waals surface area contributed by atoms with Crippen LogP contribution >= 0.6 is 0 Å². The Hall–Kier alpha value is -1.68. The fourth-order valence-corrected chi connectivity index (χ4v) is 3.66. The number of rotatable bonds is 3. The number of aryl methyl sites for hydroxylation is 2. The number of piperidine rings is 1. The lowest BCUT2D eigenvalue weighted by Crippen LogP contribution is -2.39. The highest BCUT2D eigenvalue weighted by atomic mass is 16.3. The third-order valence-corrected chi connectivity index (χ3v) is 4.88. The first-order chi connectivity index (χ1) is 9.73. The molecule has 1 aromatic carbocycles. The average Bonchev–Trinajstić information content (AvgIpc) is 2.85. The second kappa shape index (κ2) is 4.41. The number of carbonyl (C=O) groups is 2. The van der Waals surface area contributed by atoms with Crippen LogP contribution in [-0.4, -0.2) is 28.4 Å². The van der Waals surface area contributed by atoms with Crippen molar-refractivity contribution in [1.82, 2.24) is 4.90 Å². The molecule has 1 aromatic rings. The summed E-state index contributed by atoms with van der Waals surface area (Å²) in [6.07, 6.45) is -0.822. The predicted molar refractivity (Wildman–Crippen MR) is 78.4 cm³/mol. The maximum atomic E-state index is 12.3. The van der Waals surface area contributed by atoms with Gasteiger partial charge < -0.3 is 5.11 Å². The minimum absolute atomic E-state index is 0.0592. The van der Waals surface area contributed by atoms with Crippen LogP contribution in [0.1, 0.15) is 36.6 Å². The van der Waals surface area contributed by atoms with Gasteiger partial charge in [-0.25, -0.2) is 0 Å².